The van der Waals surface area contributed by atoms with Crippen molar-refractivity contribution in [1.82, 2.24) is 9.62 Å². The number of hydrogen-bond acceptors (Lipinski definition) is 5. The van der Waals surface area contributed by atoms with Gasteiger partial charge in [0.25, 0.3) is 0 Å². The Kier molecular flexibility index (Phi) is 7.09. The maximum Gasteiger partial charge on any atom is 0.243 e. The van der Waals surface area contributed by atoms with Crippen molar-refractivity contribution in [3.8, 4) is 11.5 Å². The predicted molar refractivity (Wildman–Crippen MR) is 132 cm³/mol. The molecule has 0 radical (unpaired) electrons. The standard InChI is InChI=1S/C26H30N2O5S/c1-18(21-9-8-19-6-4-5-7-22(19)16-21)27-26(29)20-12-14-28(15-13-20)34(30,31)23-10-11-24(32-2)25(17-23)33-3/h4-11,16-18,20H,12-15H2,1-3H3,(H,27,29). The first kappa shape index (κ1) is 24.0. The number of ether oxygens (including phenoxy) is 2. The smallest absolute Gasteiger partial charge is 0.243 e. The van der Waals surface area contributed by atoms with E-state index < -0.39 is 10.0 Å². The summed E-state index contributed by atoms with van der Waals surface area (Å²) in [6.07, 6.45) is 0.950. The average molecular weight is 483 g/mol. The molecule has 1 aliphatic rings. The second kappa shape index (κ2) is 10.0. The topological polar surface area (TPSA) is 84.9 Å². The Balaban J connectivity index is 1.38. The predicted octanol–water partition coefficient (Wildman–Crippen LogP) is 4.14. The lowest BCUT2D eigenvalue weighted by atomic mass is 9.96. The minimum absolute atomic E-state index is 0.0381. The lowest BCUT2D eigenvalue weighted by molar-refractivity contribution is -0.126. The number of fused-ring (bicyclic) bond motifs is 1. The summed E-state index contributed by atoms with van der Waals surface area (Å²) < 4.78 is 38.1. The van der Waals surface area contributed by atoms with Gasteiger partial charge in [0.05, 0.1) is 25.2 Å². The molecule has 7 nitrogen and oxygen atoms in total. The molecule has 3 aromatic carbocycles. The van der Waals surface area contributed by atoms with E-state index in [0.29, 0.717) is 37.4 Å². The van der Waals surface area contributed by atoms with Crippen LogP contribution in [-0.2, 0) is 14.8 Å². The molecule has 1 amide bonds. The van der Waals surface area contributed by atoms with E-state index in [4.69, 9.17) is 9.47 Å². The Morgan fingerprint density at radius 1 is 0.941 bits per heavy atom. The van der Waals surface area contributed by atoms with Gasteiger partial charge in [0.2, 0.25) is 15.9 Å². The molecule has 1 atom stereocenters. The van der Waals surface area contributed by atoms with Crippen molar-refractivity contribution in [2.24, 2.45) is 5.92 Å². The third kappa shape index (κ3) is 4.88. The van der Waals surface area contributed by atoms with Crippen molar-refractivity contribution in [2.75, 3.05) is 27.3 Å². The van der Waals surface area contributed by atoms with E-state index in [-0.39, 0.29) is 22.8 Å². The van der Waals surface area contributed by atoms with Gasteiger partial charge in [-0.05, 0) is 54.3 Å². The first-order chi connectivity index (χ1) is 16.3. The molecule has 0 aromatic heterocycles. The molecule has 3 aromatic rings. The minimum Gasteiger partial charge on any atom is -0.493 e. The monoisotopic (exact) mass is 482 g/mol. The molecular formula is C26H30N2O5S. The fraction of sp³-hybridized carbons (Fsp3) is 0.346. The summed E-state index contributed by atoms with van der Waals surface area (Å²) in [5.74, 6) is 0.571. The van der Waals surface area contributed by atoms with Gasteiger partial charge >= 0.3 is 0 Å². The number of carbonyl (C=O) groups excluding carboxylic acids is 1. The highest BCUT2D eigenvalue weighted by atomic mass is 32.2. The number of carbonyl (C=O) groups is 1. The Bertz CT molecular complexity index is 1280. The first-order valence-corrected chi connectivity index (χ1v) is 12.8. The van der Waals surface area contributed by atoms with E-state index in [0.717, 1.165) is 16.3 Å². The van der Waals surface area contributed by atoms with Crippen LogP contribution in [0.1, 0.15) is 31.4 Å². The van der Waals surface area contributed by atoms with Crippen LogP contribution >= 0.6 is 0 Å². The van der Waals surface area contributed by atoms with E-state index in [2.05, 4.69) is 29.6 Å². The molecule has 8 heteroatoms. The van der Waals surface area contributed by atoms with Crippen molar-refractivity contribution in [3.05, 3.63) is 66.2 Å². The van der Waals surface area contributed by atoms with E-state index >= 15 is 0 Å². The third-order valence-corrected chi connectivity index (χ3v) is 8.34. The van der Waals surface area contributed by atoms with E-state index in [1.54, 1.807) is 6.07 Å². The van der Waals surface area contributed by atoms with E-state index in [1.807, 2.05) is 25.1 Å². The van der Waals surface area contributed by atoms with Crippen LogP contribution in [0.2, 0.25) is 0 Å². The number of rotatable bonds is 7. The van der Waals surface area contributed by atoms with Crippen LogP contribution in [0.25, 0.3) is 10.8 Å². The number of amides is 1. The van der Waals surface area contributed by atoms with Gasteiger partial charge in [0, 0.05) is 25.1 Å². The zero-order chi connectivity index (χ0) is 24.3. The molecule has 1 fully saturated rings. The third-order valence-electron chi connectivity index (χ3n) is 6.45. The van der Waals surface area contributed by atoms with Crippen molar-refractivity contribution < 1.29 is 22.7 Å². The van der Waals surface area contributed by atoms with Gasteiger partial charge in [-0.25, -0.2) is 8.42 Å². The SMILES string of the molecule is COc1ccc(S(=O)(=O)N2CCC(C(=O)NC(C)c3ccc4ccccc4c3)CC2)cc1OC. The number of hydrogen-bond donors (Lipinski definition) is 1. The zero-order valence-electron chi connectivity index (χ0n) is 19.7. The summed E-state index contributed by atoms with van der Waals surface area (Å²) in [5, 5.41) is 5.40. The number of nitrogens with one attached hydrogen (secondary N) is 1. The van der Waals surface area contributed by atoms with Crippen molar-refractivity contribution in [2.45, 2.75) is 30.7 Å². The van der Waals surface area contributed by atoms with Crippen molar-refractivity contribution >= 4 is 26.7 Å². The molecule has 1 N–H and O–H groups in total. The summed E-state index contributed by atoms with van der Waals surface area (Å²) in [4.78, 5) is 13.1. The second-order valence-electron chi connectivity index (χ2n) is 8.53. The van der Waals surface area contributed by atoms with Gasteiger partial charge in [-0.2, -0.15) is 4.31 Å². The highest BCUT2D eigenvalue weighted by Crippen LogP contribution is 2.32. The van der Waals surface area contributed by atoms with Gasteiger partial charge in [-0.3, -0.25) is 4.79 Å². The quantitative estimate of drug-likeness (QED) is 0.547. The Hall–Kier alpha value is -3.10. The molecule has 0 spiro atoms. The molecule has 0 saturated carbocycles. The van der Waals surface area contributed by atoms with E-state index in [1.165, 1.54) is 30.7 Å². The Labute approximate surface area is 200 Å². The molecule has 1 saturated heterocycles. The molecule has 4 rings (SSSR count). The van der Waals surface area contributed by atoms with Crippen LogP contribution in [-0.4, -0.2) is 45.9 Å². The summed E-state index contributed by atoms with van der Waals surface area (Å²) in [6.45, 7) is 2.55. The van der Waals surface area contributed by atoms with Crippen molar-refractivity contribution in [1.29, 1.82) is 0 Å². The molecule has 1 heterocycles. The molecular weight excluding hydrogens is 452 g/mol. The number of methoxy groups -OCH3 is 2. The van der Waals surface area contributed by atoms with Gasteiger partial charge < -0.3 is 14.8 Å². The lowest BCUT2D eigenvalue weighted by Crippen LogP contribution is -2.43. The lowest BCUT2D eigenvalue weighted by Gasteiger charge is -2.31. The molecule has 0 aliphatic carbocycles. The average Bonchev–Trinajstić information content (AvgIpc) is 2.87. The molecule has 34 heavy (non-hydrogen) atoms. The number of nitrogens with zero attached hydrogens (tertiary/aromatic N) is 1. The number of benzene rings is 3. The fourth-order valence-electron chi connectivity index (χ4n) is 4.38. The van der Waals surface area contributed by atoms with Gasteiger partial charge in [0.15, 0.2) is 11.5 Å². The first-order valence-electron chi connectivity index (χ1n) is 11.3. The van der Waals surface area contributed by atoms with Crippen LogP contribution in [0.5, 0.6) is 11.5 Å². The fourth-order valence-corrected chi connectivity index (χ4v) is 5.86. The zero-order valence-corrected chi connectivity index (χ0v) is 20.5. The summed E-state index contributed by atoms with van der Waals surface area (Å²) in [5.41, 5.74) is 1.04. The summed E-state index contributed by atoms with van der Waals surface area (Å²) in [6, 6.07) is 18.7. The summed E-state index contributed by atoms with van der Waals surface area (Å²) >= 11 is 0. The molecule has 1 aliphatic heterocycles. The highest BCUT2D eigenvalue weighted by molar-refractivity contribution is 7.89. The largest absolute Gasteiger partial charge is 0.493 e. The minimum atomic E-state index is -3.69. The molecule has 1 unspecified atom stereocenters. The number of piperidine rings is 1. The Morgan fingerprint density at radius 3 is 2.29 bits per heavy atom. The summed E-state index contributed by atoms with van der Waals surface area (Å²) in [7, 11) is -0.717. The van der Waals surface area contributed by atoms with Crippen LogP contribution < -0.4 is 14.8 Å². The normalized spacial score (nSPS) is 16.2. The van der Waals surface area contributed by atoms with Crippen LogP contribution in [0.15, 0.2) is 65.6 Å². The van der Waals surface area contributed by atoms with Gasteiger partial charge in [0.1, 0.15) is 0 Å². The number of sulfonamides is 1. The highest BCUT2D eigenvalue weighted by Gasteiger charge is 2.33. The maximum absolute atomic E-state index is 13.1. The van der Waals surface area contributed by atoms with E-state index in [9.17, 15) is 13.2 Å². The maximum atomic E-state index is 13.1. The van der Waals surface area contributed by atoms with Crippen LogP contribution in [0.4, 0.5) is 0 Å². The van der Waals surface area contributed by atoms with Gasteiger partial charge in [-0.1, -0.05) is 36.4 Å². The van der Waals surface area contributed by atoms with Gasteiger partial charge in [-0.15, -0.1) is 0 Å². The van der Waals surface area contributed by atoms with Crippen LogP contribution in [0.3, 0.4) is 0 Å². The molecule has 180 valence electrons. The van der Waals surface area contributed by atoms with Crippen molar-refractivity contribution in [3.63, 3.8) is 0 Å². The molecule has 0 bridgehead atoms. The van der Waals surface area contributed by atoms with Crippen LogP contribution in [0, 0.1) is 5.92 Å². The second-order valence-corrected chi connectivity index (χ2v) is 10.5. The Morgan fingerprint density at radius 2 is 1.62 bits per heavy atom.